The summed E-state index contributed by atoms with van der Waals surface area (Å²) in [6.45, 7) is 2.14. The molecule has 100 valence electrons. The van der Waals surface area contributed by atoms with E-state index in [9.17, 15) is 4.79 Å². The van der Waals surface area contributed by atoms with Crippen LogP contribution in [0.3, 0.4) is 0 Å². The molecule has 0 aliphatic heterocycles. The number of hydrogen-bond donors (Lipinski definition) is 1. The molecule has 0 spiro atoms. The highest BCUT2D eigenvalue weighted by molar-refractivity contribution is 9.10. The Morgan fingerprint density at radius 2 is 2.26 bits per heavy atom. The van der Waals surface area contributed by atoms with Gasteiger partial charge in [-0.15, -0.1) is 0 Å². The van der Waals surface area contributed by atoms with E-state index in [0.717, 1.165) is 10.3 Å². The van der Waals surface area contributed by atoms with Crippen LogP contribution in [0.4, 0.5) is 0 Å². The zero-order chi connectivity index (χ0) is 14.0. The quantitative estimate of drug-likeness (QED) is 0.932. The van der Waals surface area contributed by atoms with Crippen molar-refractivity contribution in [3.05, 3.63) is 44.9 Å². The van der Waals surface area contributed by atoms with Crippen LogP contribution in [0.1, 0.15) is 22.0 Å². The number of aromatic nitrogens is 3. The van der Waals surface area contributed by atoms with Crippen molar-refractivity contribution in [1.29, 1.82) is 0 Å². The molecule has 1 aromatic carbocycles. The molecule has 0 radical (unpaired) electrons. The molecule has 0 aliphatic carbocycles. The molecule has 2 rings (SSSR count). The number of aromatic amines is 1. The Labute approximate surface area is 124 Å². The molecule has 0 aliphatic rings. The lowest BCUT2D eigenvalue weighted by atomic mass is 10.2. The fraction of sp³-hybridized carbons (Fsp3) is 0.250. The zero-order valence-electron chi connectivity index (χ0n) is 10.4. The van der Waals surface area contributed by atoms with Gasteiger partial charge in [-0.25, -0.2) is 4.98 Å². The van der Waals surface area contributed by atoms with Gasteiger partial charge in [-0.05, 0) is 25.1 Å². The van der Waals surface area contributed by atoms with E-state index < -0.39 is 0 Å². The molecule has 5 nitrogen and oxygen atoms in total. The van der Waals surface area contributed by atoms with Crippen LogP contribution in [-0.2, 0) is 6.54 Å². The van der Waals surface area contributed by atoms with E-state index >= 15 is 0 Å². The minimum Gasteiger partial charge on any atom is -0.334 e. The number of carbonyl (C=O) groups excluding carboxylic acids is 1. The summed E-state index contributed by atoms with van der Waals surface area (Å²) >= 11 is 9.37. The lowest BCUT2D eigenvalue weighted by Crippen LogP contribution is -2.27. The van der Waals surface area contributed by atoms with E-state index in [-0.39, 0.29) is 5.91 Å². The Hall–Kier alpha value is -1.40. The topological polar surface area (TPSA) is 61.9 Å². The summed E-state index contributed by atoms with van der Waals surface area (Å²) in [4.78, 5) is 17.9. The molecule has 0 saturated heterocycles. The van der Waals surface area contributed by atoms with E-state index in [0.29, 0.717) is 23.0 Å². The monoisotopic (exact) mass is 342 g/mol. The molecular weight excluding hydrogens is 332 g/mol. The van der Waals surface area contributed by atoms with Gasteiger partial charge in [0.15, 0.2) is 5.82 Å². The van der Waals surface area contributed by atoms with Crippen LogP contribution in [0.2, 0.25) is 5.02 Å². The van der Waals surface area contributed by atoms with E-state index in [4.69, 9.17) is 11.6 Å². The van der Waals surface area contributed by atoms with Crippen molar-refractivity contribution in [1.82, 2.24) is 20.1 Å². The second-order valence-corrected chi connectivity index (χ2v) is 5.45. The van der Waals surface area contributed by atoms with Crippen LogP contribution in [0.25, 0.3) is 0 Å². The first-order chi connectivity index (χ1) is 8.97. The molecule has 7 heteroatoms. The van der Waals surface area contributed by atoms with Crippen molar-refractivity contribution in [2.24, 2.45) is 0 Å². The Kier molecular flexibility index (Phi) is 4.21. The van der Waals surface area contributed by atoms with Gasteiger partial charge in [0.1, 0.15) is 5.82 Å². The largest absolute Gasteiger partial charge is 0.334 e. The Morgan fingerprint density at radius 3 is 2.84 bits per heavy atom. The number of benzene rings is 1. The molecule has 1 amide bonds. The van der Waals surface area contributed by atoms with E-state index in [1.54, 1.807) is 25.2 Å². The molecule has 0 atom stereocenters. The van der Waals surface area contributed by atoms with E-state index in [2.05, 4.69) is 31.1 Å². The molecule has 19 heavy (non-hydrogen) atoms. The Bertz CT molecular complexity index is 614. The van der Waals surface area contributed by atoms with Crippen molar-refractivity contribution in [3.8, 4) is 0 Å². The SMILES string of the molecule is Cc1nc(CN(C)C(=O)c2ccc(Br)cc2Cl)n[nH]1. The fourth-order valence-corrected chi connectivity index (χ4v) is 2.37. The third-order valence-electron chi connectivity index (χ3n) is 2.53. The molecule has 0 bridgehead atoms. The summed E-state index contributed by atoms with van der Waals surface area (Å²) in [5.41, 5.74) is 0.458. The van der Waals surface area contributed by atoms with Crippen LogP contribution >= 0.6 is 27.5 Å². The van der Waals surface area contributed by atoms with Crippen LogP contribution in [0.5, 0.6) is 0 Å². The van der Waals surface area contributed by atoms with Gasteiger partial charge < -0.3 is 4.90 Å². The highest BCUT2D eigenvalue weighted by Crippen LogP contribution is 2.22. The fourth-order valence-electron chi connectivity index (χ4n) is 1.61. The number of hydrogen-bond acceptors (Lipinski definition) is 3. The molecule has 0 saturated carbocycles. The van der Waals surface area contributed by atoms with Gasteiger partial charge in [-0.1, -0.05) is 27.5 Å². The van der Waals surface area contributed by atoms with Crippen molar-refractivity contribution in [2.75, 3.05) is 7.05 Å². The van der Waals surface area contributed by atoms with Crippen molar-refractivity contribution in [3.63, 3.8) is 0 Å². The standard InChI is InChI=1S/C12H12BrClN4O/c1-7-15-11(17-16-7)6-18(2)12(19)9-4-3-8(13)5-10(9)14/h3-5H,6H2,1-2H3,(H,15,16,17). The van der Waals surface area contributed by atoms with Crippen LogP contribution < -0.4 is 0 Å². The molecule has 1 heterocycles. The van der Waals surface area contributed by atoms with Gasteiger partial charge in [0.05, 0.1) is 17.1 Å². The number of halogens is 2. The van der Waals surface area contributed by atoms with Gasteiger partial charge in [-0.3, -0.25) is 9.89 Å². The van der Waals surface area contributed by atoms with Gasteiger partial charge in [0.2, 0.25) is 0 Å². The average molecular weight is 344 g/mol. The smallest absolute Gasteiger partial charge is 0.255 e. The van der Waals surface area contributed by atoms with E-state index in [1.165, 1.54) is 4.90 Å². The van der Waals surface area contributed by atoms with Gasteiger partial charge in [0, 0.05) is 11.5 Å². The maximum absolute atomic E-state index is 12.2. The summed E-state index contributed by atoms with van der Waals surface area (Å²) in [6.07, 6.45) is 0. The summed E-state index contributed by atoms with van der Waals surface area (Å²) in [6, 6.07) is 5.16. The van der Waals surface area contributed by atoms with Crippen LogP contribution in [0.15, 0.2) is 22.7 Å². The second-order valence-electron chi connectivity index (χ2n) is 4.12. The molecule has 1 aromatic heterocycles. The first-order valence-corrected chi connectivity index (χ1v) is 6.73. The maximum atomic E-state index is 12.2. The lowest BCUT2D eigenvalue weighted by molar-refractivity contribution is 0.0782. The molecule has 1 N–H and O–H groups in total. The number of rotatable bonds is 3. The second kappa shape index (κ2) is 5.71. The summed E-state index contributed by atoms with van der Waals surface area (Å²) < 4.78 is 0.835. The van der Waals surface area contributed by atoms with Gasteiger partial charge >= 0.3 is 0 Å². The predicted molar refractivity (Wildman–Crippen MR) is 76.1 cm³/mol. The number of carbonyl (C=O) groups is 1. The molecule has 0 unspecified atom stereocenters. The number of H-pyrrole nitrogens is 1. The van der Waals surface area contributed by atoms with E-state index in [1.807, 2.05) is 6.92 Å². The third kappa shape index (κ3) is 3.33. The highest BCUT2D eigenvalue weighted by atomic mass is 79.9. The minimum absolute atomic E-state index is 0.167. The van der Waals surface area contributed by atoms with Gasteiger partial charge in [0.25, 0.3) is 5.91 Å². The van der Waals surface area contributed by atoms with Crippen LogP contribution in [0, 0.1) is 6.92 Å². The number of aryl methyl sites for hydroxylation is 1. The normalized spacial score (nSPS) is 10.5. The number of amides is 1. The number of nitrogens with one attached hydrogen (secondary N) is 1. The summed E-state index contributed by atoms with van der Waals surface area (Å²) in [7, 11) is 1.69. The predicted octanol–water partition coefficient (Wildman–Crippen LogP) is 2.80. The average Bonchev–Trinajstić information content (AvgIpc) is 2.74. The Balaban J connectivity index is 2.14. The molecular formula is C12H12BrClN4O. The van der Waals surface area contributed by atoms with Crippen molar-refractivity contribution >= 4 is 33.4 Å². The highest BCUT2D eigenvalue weighted by Gasteiger charge is 2.16. The Morgan fingerprint density at radius 1 is 1.53 bits per heavy atom. The first kappa shape index (κ1) is 14.0. The van der Waals surface area contributed by atoms with Crippen molar-refractivity contribution in [2.45, 2.75) is 13.5 Å². The summed E-state index contributed by atoms with van der Waals surface area (Å²) in [5.74, 6) is 1.12. The van der Waals surface area contributed by atoms with Gasteiger partial charge in [-0.2, -0.15) is 5.10 Å². The maximum Gasteiger partial charge on any atom is 0.255 e. The van der Waals surface area contributed by atoms with Crippen molar-refractivity contribution < 1.29 is 4.79 Å². The number of nitrogens with zero attached hydrogens (tertiary/aromatic N) is 3. The first-order valence-electron chi connectivity index (χ1n) is 5.56. The molecule has 2 aromatic rings. The minimum atomic E-state index is -0.167. The lowest BCUT2D eigenvalue weighted by Gasteiger charge is -2.16. The zero-order valence-corrected chi connectivity index (χ0v) is 12.8. The summed E-state index contributed by atoms with van der Waals surface area (Å²) in [5, 5.41) is 7.15. The molecule has 0 fully saturated rings. The third-order valence-corrected chi connectivity index (χ3v) is 3.34. The van der Waals surface area contributed by atoms with Crippen LogP contribution in [-0.4, -0.2) is 33.0 Å².